The maximum atomic E-state index is 6.09. The molecule has 4 rings (SSSR count). The highest BCUT2D eigenvalue weighted by atomic mass is 35.5. The molecule has 0 atom stereocenters. The summed E-state index contributed by atoms with van der Waals surface area (Å²) in [6, 6.07) is 19.6. The molecule has 0 radical (unpaired) electrons. The summed E-state index contributed by atoms with van der Waals surface area (Å²) in [6.07, 6.45) is 1.67. The molecule has 2 aromatic carbocycles. The largest absolute Gasteiger partial charge is 0.486 e. The molecule has 0 bridgehead atoms. The van der Waals surface area contributed by atoms with E-state index in [9.17, 15) is 0 Å². The fourth-order valence-electron chi connectivity index (χ4n) is 2.81. The van der Waals surface area contributed by atoms with Crippen molar-refractivity contribution in [2.45, 2.75) is 31.0 Å². The molecular formula is C22H20ClN3O2S. The van der Waals surface area contributed by atoms with E-state index in [0.29, 0.717) is 13.2 Å². The summed E-state index contributed by atoms with van der Waals surface area (Å²) in [5.41, 5.74) is 2.32. The molecule has 0 saturated heterocycles. The van der Waals surface area contributed by atoms with Crippen LogP contribution < -0.4 is 4.74 Å². The molecular weight excluding hydrogens is 406 g/mol. The van der Waals surface area contributed by atoms with Crippen LogP contribution in [0, 0.1) is 6.92 Å². The van der Waals surface area contributed by atoms with Crippen LogP contribution in [0.25, 0.3) is 0 Å². The van der Waals surface area contributed by atoms with Crippen LogP contribution in [0.15, 0.2) is 76.5 Å². The van der Waals surface area contributed by atoms with E-state index in [4.69, 9.17) is 20.8 Å². The number of rotatable bonds is 8. The normalized spacial score (nSPS) is 11.0. The summed E-state index contributed by atoms with van der Waals surface area (Å²) in [5.74, 6) is 3.13. The Morgan fingerprint density at radius 3 is 2.69 bits per heavy atom. The molecule has 0 amide bonds. The number of nitrogens with zero attached hydrogens (tertiary/aromatic N) is 3. The maximum Gasteiger partial charge on any atom is 0.192 e. The number of hydrogen-bond donors (Lipinski definition) is 0. The van der Waals surface area contributed by atoms with Crippen molar-refractivity contribution >= 4 is 23.4 Å². The summed E-state index contributed by atoms with van der Waals surface area (Å²) < 4.78 is 13.5. The molecule has 0 fully saturated rings. The summed E-state index contributed by atoms with van der Waals surface area (Å²) >= 11 is 7.70. The minimum Gasteiger partial charge on any atom is -0.486 e. The third kappa shape index (κ3) is 5.22. The molecule has 0 aliphatic rings. The third-order valence-electron chi connectivity index (χ3n) is 4.33. The molecule has 2 heterocycles. The first-order valence-corrected chi connectivity index (χ1v) is 10.5. The number of halogens is 1. The van der Waals surface area contributed by atoms with Crippen molar-refractivity contribution in [1.29, 1.82) is 0 Å². The first-order chi connectivity index (χ1) is 14.2. The second-order valence-electron chi connectivity index (χ2n) is 6.58. The van der Waals surface area contributed by atoms with E-state index < -0.39 is 0 Å². The highest BCUT2D eigenvalue weighted by molar-refractivity contribution is 7.98. The van der Waals surface area contributed by atoms with Crippen LogP contribution in [0.2, 0.25) is 5.02 Å². The molecule has 7 heteroatoms. The van der Waals surface area contributed by atoms with Crippen LogP contribution in [-0.4, -0.2) is 14.8 Å². The second-order valence-corrected chi connectivity index (χ2v) is 7.96. The van der Waals surface area contributed by atoms with E-state index in [-0.39, 0.29) is 0 Å². The minimum atomic E-state index is 0.328. The Morgan fingerprint density at radius 2 is 1.93 bits per heavy atom. The van der Waals surface area contributed by atoms with Gasteiger partial charge in [0.05, 0.1) is 12.8 Å². The average molecular weight is 426 g/mol. The Morgan fingerprint density at radius 1 is 1.07 bits per heavy atom. The molecule has 0 aliphatic carbocycles. The van der Waals surface area contributed by atoms with Crippen molar-refractivity contribution in [3.05, 3.63) is 94.7 Å². The Hall–Kier alpha value is -2.70. The fraction of sp³-hybridized carbons (Fsp3) is 0.182. The number of hydrogen-bond acceptors (Lipinski definition) is 5. The molecule has 29 heavy (non-hydrogen) atoms. The highest BCUT2D eigenvalue weighted by Crippen LogP contribution is 2.25. The van der Waals surface area contributed by atoms with Gasteiger partial charge in [-0.15, -0.1) is 10.2 Å². The van der Waals surface area contributed by atoms with Crippen LogP contribution in [0.3, 0.4) is 0 Å². The lowest BCUT2D eigenvalue weighted by Crippen LogP contribution is -2.09. The molecule has 148 valence electrons. The van der Waals surface area contributed by atoms with Crippen molar-refractivity contribution < 1.29 is 9.15 Å². The molecule has 0 N–H and O–H groups in total. The van der Waals surface area contributed by atoms with Gasteiger partial charge in [0.25, 0.3) is 0 Å². The molecule has 0 aliphatic heterocycles. The van der Waals surface area contributed by atoms with E-state index in [2.05, 4.69) is 10.2 Å². The molecule has 0 saturated carbocycles. The lowest BCUT2D eigenvalue weighted by molar-refractivity contribution is 0.287. The lowest BCUT2D eigenvalue weighted by atomic mass is 10.2. The number of thioether (sulfide) groups is 1. The van der Waals surface area contributed by atoms with Crippen molar-refractivity contribution in [3.63, 3.8) is 0 Å². The van der Waals surface area contributed by atoms with Crippen LogP contribution in [0.4, 0.5) is 0 Å². The molecule has 0 spiro atoms. The van der Waals surface area contributed by atoms with Crippen LogP contribution in [-0.2, 0) is 18.9 Å². The van der Waals surface area contributed by atoms with E-state index in [0.717, 1.165) is 38.8 Å². The highest BCUT2D eigenvalue weighted by Gasteiger charge is 2.15. The summed E-state index contributed by atoms with van der Waals surface area (Å²) in [6.45, 7) is 2.92. The van der Waals surface area contributed by atoms with Crippen molar-refractivity contribution in [2.24, 2.45) is 0 Å². The van der Waals surface area contributed by atoms with E-state index in [1.807, 2.05) is 72.2 Å². The Kier molecular flexibility index (Phi) is 6.22. The van der Waals surface area contributed by atoms with Gasteiger partial charge in [-0.3, -0.25) is 4.57 Å². The van der Waals surface area contributed by atoms with Gasteiger partial charge in [0, 0.05) is 10.8 Å². The van der Waals surface area contributed by atoms with Crippen LogP contribution in [0.1, 0.15) is 22.7 Å². The maximum absolute atomic E-state index is 6.09. The number of aryl methyl sites for hydroxylation is 1. The van der Waals surface area contributed by atoms with Gasteiger partial charge in [0.15, 0.2) is 11.0 Å². The van der Waals surface area contributed by atoms with Gasteiger partial charge in [-0.25, -0.2) is 0 Å². The van der Waals surface area contributed by atoms with Crippen molar-refractivity contribution in [1.82, 2.24) is 14.8 Å². The number of ether oxygens (including phenoxy) is 1. The first-order valence-electron chi connectivity index (χ1n) is 9.18. The molecule has 2 aromatic heterocycles. The Bertz CT molecular complexity index is 1060. The van der Waals surface area contributed by atoms with Gasteiger partial charge in [-0.05, 0) is 48.9 Å². The van der Waals surface area contributed by atoms with Gasteiger partial charge in [-0.1, -0.05) is 53.2 Å². The number of furan rings is 1. The summed E-state index contributed by atoms with van der Waals surface area (Å²) in [5, 5.41) is 10.3. The van der Waals surface area contributed by atoms with Crippen LogP contribution in [0.5, 0.6) is 5.75 Å². The zero-order chi connectivity index (χ0) is 20.1. The van der Waals surface area contributed by atoms with Gasteiger partial charge in [0.2, 0.25) is 0 Å². The van der Waals surface area contributed by atoms with Gasteiger partial charge < -0.3 is 9.15 Å². The fourth-order valence-corrected chi connectivity index (χ4v) is 3.92. The minimum absolute atomic E-state index is 0.328. The van der Waals surface area contributed by atoms with Crippen molar-refractivity contribution in [3.8, 4) is 5.75 Å². The average Bonchev–Trinajstić information content (AvgIpc) is 3.37. The molecule has 4 aromatic rings. The first kappa shape index (κ1) is 19.6. The Balaban J connectivity index is 1.51. The predicted molar refractivity (Wildman–Crippen MR) is 114 cm³/mol. The second kappa shape index (κ2) is 9.20. The summed E-state index contributed by atoms with van der Waals surface area (Å²) in [7, 11) is 0. The standard InChI is InChI=1S/C22H20ClN3O2S/c1-16-7-9-19(10-8-16)28-14-21-24-25-22(26(21)13-20-6-3-11-27-20)29-15-17-4-2-5-18(23)12-17/h2-12H,13-15H2,1H3. The topological polar surface area (TPSA) is 53.1 Å². The van der Waals surface area contributed by atoms with Crippen molar-refractivity contribution in [2.75, 3.05) is 0 Å². The van der Waals surface area contributed by atoms with Crippen LogP contribution >= 0.6 is 23.4 Å². The smallest absolute Gasteiger partial charge is 0.192 e. The van der Waals surface area contributed by atoms with E-state index in [1.165, 1.54) is 5.56 Å². The zero-order valence-corrected chi connectivity index (χ0v) is 17.5. The summed E-state index contributed by atoms with van der Waals surface area (Å²) in [4.78, 5) is 0. The Labute approximate surface area is 178 Å². The molecule has 0 unspecified atom stereocenters. The number of aromatic nitrogens is 3. The quantitative estimate of drug-likeness (QED) is 0.336. The molecule has 5 nitrogen and oxygen atoms in total. The SMILES string of the molecule is Cc1ccc(OCc2nnc(SCc3cccc(Cl)c3)n2Cc2ccco2)cc1. The monoisotopic (exact) mass is 425 g/mol. The van der Waals surface area contributed by atoms with E-state index >= 15 is 0 Å². The predicted octanol–water partition coefficient (Wildman–Crippen LogP) is 5.75. The van der Waals surface area contributed by atoms with Gasteiger partial charge in [-0.2, -0.15) is 0 Å². The number of benzene rings is 2. The third-order valence-corrected chi connectivity index (χ3v) is 5.61. The van der Waals surface area contributed by atoms with Gasteiger partial charge >= 0.3 is 0 Å². The van der Waals surface area contributed by atoms with Gasteiger partial charge in [0.1, 0.15) is 18.1 Å². The lowest BCUT2D eigenvalue weighted by Gasteiger charge is -2.10. The zero-order valence-electron chi connectivity index (χ0n) is 15.9. The van der Waals surface area contributed by atoms with E-state index in [1.54, 1.807) is 18.0 Å².